The second-order valence-corrected chi connectivity index (χ2v) is 14.0. The lowest BCUT2D eigenvalue weighted by molar-refractivity contribution is -0.137. The molecular formula is C37H39BClF3N4O. The van der Waals surface area contributed by atoms with Crippen molar-refractivity contribution in [2.75, 3.05) is 26.2 Å². The van der Waals surface area contributed by atoms with Crippen molar-refractivity contribution in [1.82, 2.24) is 20.1 Å². The van der Waals surface area contributed by atoms with Gasteiger partial charge in [-0.3, -0.25) is 9.69 Å². The van der Waals surface area contributed by atoms with E-state index < -0.39 is 17.3 Å². The van der Waals surface area contributed by atoms with E-state index in [1.165, 1.54) is 25.3 Å². The summed E-state index contributed by atoms with van der Waals surface area (Å²) in [7, 11) is 1.87. The van der Waals surface area contributed by atoms with Gasteiger partial charge in [-0.05, 0) is 94.5 Å². The number of fused-ring (bicyclic) bond motifs is 1. The first-order valence-electron chi connectivity index (χ1n) is 16.8. The van der Waals surface area contributed by atoms with Crippen LogP contribution in [-0.4, -0.2) is 60.8 Å². The van der Waals surface area contributed by atoms with Crippen LogP contribution >= 0.6 is 11.6 Å². The maximum atomic E-state index is 14.7. The van der Waals surface area contributed by atoms with Crippen molar-refractivity contribution in [3.05, 3.63) is 94.0 Å². The number of carbonyl (C=O) groups excluding carboxylic acids is 1. The summed E-state index contributed by atoms with van der Waals surface area (Å²) in [5.41, 5.74) is 2.95. The largest absolute Gasteiger partial charge is 0.416 e. The molecule has 244 valence electrons. The lowest BCUT2D eigenvalue weighted by atomic mass is 9.88. The molecule has 0 atom stereocenters. The van der Waals surface area contributed by atoms with E-state index in [2.05, 4.69) is 15.1 Å². The molecule has 1 amide bonds. The molecule has 4 aromatic rings. The minimum Gasteiger partial charge on any atom is -0.342 e. The van der Waals surface area contributed by atoms with Gasteiger partial charge in [0.25, 0.3) is 5.91 Å². The van der Waals surface area contributed by atoms with Crippen molar-refractivity contribution in [2.24, 2.45) is 0 Å². The lowest BCUT2D eigenvalue weighted by Gasteiger charge is -2.40. The van der Waals surface area contributed by atoms with Gasteiger partial charge in [-0.2, -0.15) is 13.2 Å². The van der Waals surface area contributed by atoms with E-state index in [0.717, 1.165) is 75.0 Å². The molecule has 47 heavy (non-hydrogen) atoms. The first-order chi connectivity index (χ1) is 22.6. The summed E-state index contributed by atoms with van der Waals surface area (Å²) >= 11 is 6.60. The Labute approximate surface area is 279 Å². The van der Waals surface area contributed by atoms with Gasteiger partial charge < -0.3 is 10.2 Å². The van der Waals surface area contributed by atoms with Crippen LogP contribution < -0.4 is 10.8 Å². The Morgan fingerprint density at radius 1 is 0.957 bits per heavy atom. The summed E-state index contributed by atoms with van der Waals surface area (Å²) in [4.78, 5) is 24.6. The molecule has 7 rings (SSSR count). The maximum Gasteiger partial charge on any atom is 0.416 e. The van der Waals surface area contributed by atoms with Gasteiger partial charge in [0.15, 0.2) is 0 Å². The van der Waals surface area contributed by atoms with Gasteiger partial charge in [0.1, 0.15) is 7.85 Å². The summed E-state index contributed by atoms with van der Waals surface area (Å²) in [5.74, 6) is -0.258. The van der Waals surface area contributed by atoms with Crippen LogP contribution in [-0.2, 0) is 18.3 Å². The number of hydrogen-bond donors (Lipinski definition) is 1. The lowest BCUT2D eigenvalue weighted by Crippen LogP contribution is -2.46. The number of alkyl halides is 3. The first-order valence-corrected chi connectivity index (χ1v) is 17.1. The highest BCUT2D eigenvalue weighted by Gasteiger charge is 2.46. The molecule has 0 unspecified atom stereocenters. The van der Waals surface area contributed by atoms with E-state index in [1.807, 2.05) is 38.2 Å². The van der Waals surface area contributed by atoms with E-state index in [0.29, 0.717) is 50.9 Å². The summed E-state index contributed by atoms with van der Waals surface area (Å²) in [5, 5.41) is 4.46. The second kappa shape index (κ2) is 12.9. The molecule has 1 aliphatic carbocycles. The quantitative estimate of drug-likeness (QED) is 0.225. The fourth-order valence-corrected chi connectivity index (χ4v) is 7.90. The monoisotopic (exact) mass is 658 g/mol. The van der Waals surface area contributed by atoms with Gasteiger partial charge in [0.2, 0.25) is 0 Å². The van der Waals surface area contributed by atoms with E-state index in [9.17, 15) is 18.0 Å². The third-order valence-corrected chi connectivity index (χ3v) is 10.5. The SMILES string of the molecule is Bc1cc(Cl)cc2c(C(=O)NC3(c4ccccc4)CC3)c(CN3CCC(N4CCCCC4)CC3)c(-c3cccc(C(F)(F)F)c3)nc12. The predicted molar refractivity (Wildman–Crippen MR) is 184 cm³/mol. The van der Waals surface area contributed by atoms with Crippen molar-refractivity contribution in [3.8, 4) is 11.3 Å². The molecule has 10 heteroatoms. The third-order valence-electron chi connectivity index (χ3n) is 10.3. The Morgan fingerprint density at radius 3 is 2.36 bits per heavy atom. The van der Waals surface area contributed by atoms with Crippen LogP contribution in [0.5, 0.6) is 0 Å². The van der Waals surface area contributed by atoms with E-state index in [4.69, 9.17) is 16.6 Å². The van der Waals surface area contributed by atoms with Gasteiger partial charge in [0.05, 0.1) is 27.9 Å². The van der Waals surface area contributed by atoms with Crippen LogP contribution in [0, 0.1) is 0 Å². The van der Waals surface area contributed by atoms with Gasteiger partial charge in [-0.25, -0.2) is 4.98 Å². The van der Waals surface area contributed by atoms with Crippen molar-refractivity contribution >= 4 is 41.7 Å². The summed E-state index contributed by atoms with van der Waals surface area (Å²) in [6, 6.07) is 19.3. The molecule has 0 bridgehead atoms. The highest BCUT2D eigenvalue weighted by molar-refractivity contribution is 6.41. The van der Waals surface area contributed by atoms with Gasteiger partial charge >= 0.3 is 6.18 Å². The zero-order valence-corrected chi connectivity index (χ0v) is 27.4. The van der Waals surface area contributed by atoms with Gasteiger partial charge in [0, 0.05) is 34.1 Å². The molecule has 3 aliphatic rings. The molecule has 0 spiro atoms. The fourth-order valence-electron chi connectivity index (χ4n) is 7.63. The number of rotatable bonds is 7. The van der Waals surface area contributed by atoms with Crippen molar-refractivity contribution in [1.29, 1.82) is 0 Å². The number of amides is 1. The van der Waals surface area contributed by atoms with Crippen molar-refractivity contribution < 1.29 is 18.0 Å². The predicted octanol–water partition coefficient (Wildman–Crippen LogP) is 6.70. The number of pyridine rings is 1. The highest BCUT2D eigenvalue weighted by Crippen LogP contribution is 2.46. The molecule has 3 aromatic carbocycles. The van der Waals surface area contributed by atoms with Crippen molar-refractivity contribution in [3.63, 3.8) is 0 Å². The van der Waals surface area contributed by atoms with E-state index in [-0.39, 0.29) is 5.91 Å². The summed E-state index contributed by atoms with van der Waals surface area (Å²) in [6.45, 7) is 4.36. The average molecular weight is 659 g/mol. The Bertz CT molecular complexity index is 1780. The van der Waals surface area contributed by atoms with Gasteiger partial charge in [-0.15, -0.1) is 0 Å². The molecule has 3 heterocycles. The summed E-state index contributed by atoms with van der Waals surface area (Å²) in [6.07, 6.45) is 2.93. The zero-order chi connectivity index (χ0) is 32.8. The fraction of sp³-hybridized carbons (Fsp3) is 0.405. The minimum absolute atomic E-state index is 0.258. The molecule has 1 saturated carbocycles. The number of likely N-dealkylation sites (tertiary alicyclic amines) is 2. The first kappa shape index (κ1) is 32.2. The Morgan fingerprint density at radius 2 is 1.68 bits per heavy atom. The van der Waals surface area contributed by atoms with Crippen LogP contribution in [0.15, 0.2) is 66.7 Å². The minimum atomic E-state index is -4.51. The van der Waals surface area contributed by atoms with Crippen LogP contribution in [0.1, 0.15) is 72.0 Å². The average Bonchev–Trinajstić information content (AvgIpc) is 3.85. The molecule has 0 radical (unpaired) electrons. The molecule has 2 saturated heterocycles. The molecule has 3 fully saturated rings. The molecular weight excluding hydrogens is 620 g/mol. The van der Waals surface area contributed by atoms with Crippen LogP contribution in [0.2, 0.25) is 5.02 Å². The van der Waals surface area contributed by atoms with Gasteiger partial charge in [-0.1, -0.05) is 65.9 Å². The van der Waals surface area contributed by atoms with E-state index in [1.54, 1.807) is 18.2 Å². The normalized spacial score (nSPS) is 19.1. The number of nitrogens with one attached hydrogen (secondary N) is 1. The molecule has 5 nitrogen and oxygen atoms in total. The third kappa shape index (κ3) is 6.67. The number of carbonyl (C=O) groups is 1. The standard InChI is InChI=1S/C37H39BClF3N4O/c38-31-22-27(39)21-29-32(35(47)44-36(14-15-36)25-9-3-1-4-10-25)30(23-45-18-12-28(13-19-45)46-16-5-2-6-17-46)33(43-34(29)31)24-8-7-11-26(20-24)37(40,41)42/h1,3-4,7-11,20-22,28H,2,5-6,12-19,23,38H2,(H,44,47). The van der Waals surface area contributed by atoms with Crippen molar-refractivity contribution in [2.45, 2.75) is 69.2 Å². The second-order valence-electron chi connectivity index (χ2n) is 13.5. The number of piperidine rings is 2. The molecule has 1 aromatic heterocycles. The van der Waals surface area contributed by atoms with E-state index >= 15 is 0 Å². The summed E-state index contributed by atoms with van der Waals surface area (Å²) < 4.78 is 41.9. The Hall–Kier alpha value is -3.40. The number of benzene rings is 3. The topological polar surface area (TPSA) is 48.5 Å². The Balaban J connectivity index is 1.34. The van der Waals surface area contributed by atoms with Crippen LogP contribution in [0.25, 0.3) is 22.2 Å². The number of hydrogen-bond acceptors (Lipinski definition) is 4. The Kier molecular flexibility index (Phi) is 8.83. The number of halogens is 4. The number of nitrogens with zero attached hydrogens (tertiary/aromatic N) is 3. The highest BCUT2D eigenvalue weighted by atomic mass is 35.5. The molecule has 1 N–H and O–H groups in total. The van der Waals surface area contributed by atoms with Crippen LogP contribution in [0.4, 0.5) is 13.2 Å². The number of aromatic nitrogens is 1. The zero-order valence-electron chi connectivity index (χ0n) is 26.7. The smallest absolute Gasteiger partial charge is 0.342 e. The van der Waals surface area contributed by atoms with Crippen LogP contribution in [0.3, 0.4) is 0 Å². The maximum absolute atomic E-state index is 14.7. The molecule has 2 aliphatic heterocycles.